The van der Waals surface area contributed by atoms with Gasteiger partial charge in [-0.1, -0.05) is 70.3 Å². The van der Waals surface area contributed by atoms with Gasteiger partial charge >= 0.3 is 11.9 Å². The minimum absolute atomic E-state index is 0.0603. The number of carbonyl (C=O) groups is 2. The number of unbranched alkanes of at least 4 members (excludes halogenated alkanes) is 8. The smallest absolute Gasteiger partial charge is 0.338 e. The number of aliphatic hydroxyl groups is 3. The first-order chi connectivity index (χ1) is 31.0. The van der Waals surface area contributed by atoms with Gasteiger partial charge in [-0.25, -0.2) is 4.79 Å². The number of ether oxygens (including phenoxy) is 7. The van der Waals surface area contributed by atoms with Crippen LogP contribution in [0.4, 0.5) is 0 Å². The maximum atomic E-state index is 14.6. The number of rotatable bonds is 24. The van der Waals surface area contributed by atoms with Gasteiger partial charge in [0.05, 0.1) is 37.6 Å². The predicted octanol–water partition coefficient (Wildman–Crippen LogP) is 6.45. The summed E-state index contributed by atoms with van der Waals surface area (Å²) in [6, 6.07) is 6.18. The van der Waals surface area contributed by atoms with Crippen molar-refractivity contribution in [2.45, 2.75) is 158 Å². The van der Waals surface area contributed by atoms with E-state index in [0.29, 0.717) is 31.7 Å². The standard InChI is InChI=1S/C51H77NO12/c1-8-10-11-12-13-14-15-16-17-18-19-20-21-22-23-24-38(54)64-51-39-35(30-49(57,46(62-7)44(51)55)45(39)63-47(56)33-25-27-34(59-4)28-26-33)50-37(60-5)29-36(53)48(32-58-3)31-52(9-2)43(50)40(51)41(61-6)42(48)50/h13-14,16-17,25-28,35-37,39-46,53,55,57H,8-12,15,18-24,29-32H2,1-7H3/b14-13-,17-16-/t35-,36-,37+,39-,40+,41+,42-,43?,44+,45-,46+,48+,49-,50+,51-/m1/s1. The molecule has 1 spiro atoms. The van der Waals surface area contributed by atoms with Crippen LogP contribution in [0.5, 0.6) is 5.75 Å². The minimum atomic E-state index is -1.88. The fraction of sp³-hybridized carbons (Fsp3) is 0.765. The fourth-order valence-electron chi connectivity index (χ4n) is 14.5. The van der Waals surface area contributed by atoms with Crippen LogP contribution in [-0.2, 0) is 33.2 Å². The van der Waals surface area contributed by atoms with Crippen LogP contribution in [0.15, 0.2) is 48.6 Å². The van der Waals surface area contributed by atoms with E-state index in [4.69, 9.17) is 33.2 Å². The maximum absolute atomic E-state index is 14.6. The van der Waals surface area contributed by atoms with Crippen molar-refractivity contribution < 1.29 is 58.1 Å². The molecule has 6 aliphatic rings. The number of esters is 2. The molecule has 1 aromatic rings. The number of hydrogen-bond acceptors (Lipinski definition) is 13. The lowest BCUT2D eigenvalue weighted by molar-refractivity contribution is -0.323. The topological polar surface area (TPSA) is 163 Å². The zero-order valence-electron chi connectivity index (χ0n) is 39.5. The molecule has 5 aliphatic carbocycles. The molecule has 1 aliphatic heterocycles. The summed E-state index contributed by atoms with van der Waals surface area (Å²) in [7, 11) is 7.92. The highest BCUT2D eigenvalue weighted by atomic mass is 16.6. The fourth-order valence-corrected chi connectivity index (χ4v) is 14.5. The monoisotopic (exact) mass is 896 g/mol. The largest absolute Gasteiger partial charge is 0.497 e. The summed E-state index contributed by atoms with van der Waals surface area (Å²) in [4.78, 5) is 31.2. The summed E-state index contributed by atoms with van der Waals surface area (Å²) < 4.78 is 44.1. The van der Waals surface area contributed by atoms with E-state index >= 15 is 0 Å². The normalized spacial score (nSPS) is 39.4. The van der Waals surface area contributed by atoms with Gasteiger partial charge in [0, 0.05) is 82.5 Å². The quantitative estimate of drug-likeness (QED) is 0.0591. The van der Waals surface area contributed by atoms with Crippen molar-refractivity contribution in [1.82, 2.24) is 4.90 Å². The molecule has 1 unspecified atom stereocenters. The van der Waals surface area contributed by atoms with Crippen molar-refractivity contribution in [3.05, 3.63) is 54.1 Å². The molecule has 0 aromatic heterocycles. The lowest BCUT2D eigenvalue weighted by atomic mass is 9.42. The zero-order valence-corrected chi connectivity index (χ0v) is 39.5. The van der Waals surface area contributed by atoms with Crippen molar-refractivity contribution in [3.8, 4) is 5.75 Å². The number of carbonyl (C=O) groups excluding carboxylic acids is 2. The van der Waals surface area contributed by atoms with Gasteiger partial charge in [0.2, 0.25) is 0 Å². The summed E-state index contributed by atoms with van der Waals surface area (Å²) in [6.07, 6.45) is 14.9. The van der Waals surface area contributed by atoms with Gasteiger partial charge in [0.25, 0.3) is 0 Å². The molecule has 13 nitrogen and oxygen atoms in total. The van der Waals surface area contributed by atoms with Crippen LogP contribution in [0.2, 0.25) is 0 Å². The average molecular weight is 896 g/mol. The van der Waals surface area contributed by atoms with Crippen molar-refractivity contribution in [2.75, 3.05) is 55.2 Å². The number of likely N-dealkylation sites (tertiary alicyclic amines) is 1. The first-order valence-corrected chi connectivity index (χ1v) is 24.2. The molecule has 358 valence electrons. The molecule has 3 N–H and O–H groups in total. The number of allylic oxidation sites excluding steroid dienone is 4. The van der Waals surface area contributed by atoms with Crippen molar-refractivity contribution in [1.29, 1.82) is 0 Å². The van der Waals surface area contributed by atoms with Gasteiger partial charge in [-0.2, -0.15) is 0 Å². The van der Waals surface area contributed by atoms with Gasteiger partial charge in [-0.3, -0.25) is 9.69 Å². The molecule has 5 saturated carbocycles. The van der Waals surface area contributed by atoms with Crippen LogP contribution in [0.1, 0.15) is 114 Å². The second kappa shape index (κ2) is 20.6. The SMILES string of the molecule is CCCCC/C=C\C/C=C\CCCCCCCC(=O)O[C@]12[C@H]3[C@@H](OC(=O)c4ccc(OC)cc4)[C@](O)(C[C@H]3[C@@]34C5[C@@H]1[C@H](OC)[C@@H]3[C@](COC)(CN5CC)[C@H](O)C[C@@H]4OC)[C@@H](OC)[C@@H]2O. The molecule has 6 fully saturated rings. The molecule has 0 radical (unpaired) electrons. The number of hydrogen-bond donors (Lipinski definition) is 3. The number of benzene rings is 1. The Kier molecular flexibility index (Phi) is 15.7. The average Bonchev–Trinajstić information content (AvgIpc) is 3.67. The maximum Gasteiger partial charge on any atom is 0.338 e. The van der Waals surface area contributed by atoms with E-state index in [-0.39, 0.29) is 31.1 Å². The molecular formula is C51H77NO12. The highest BCUT2D eigenvalue weighted by molar-refractivity contribution is 5.89. The summed E-state index contributed by atoms with van der Waals surface area (Å²) in [6.45, 7) is 5.60. The molecule has 1 aromatic carbocycles. The molecule has 13 heteroatoms. The summed E-state index contributed by atoms with van der Waals surface area (Å²) in [5, 5.41) is 38.5. The number of nitrogens with zero attached hydrogens (tertiary/aromatic N) is 1. The van der Waals surface area contributed by atoms with E-state index in [0.717, 1.165) is 44.9 Å². The molecule has 7 rings (SSSR count). The Bertz CT molecular complexity index is 1790. The van der Waals surface area contributed by atoms with E-state index in [9.17, 15) is 24.9 Å². The van der Waals surface area contributed by atoms with Gasteiger partial charge < -0.3 is 48.5 Å². The lowest BCUT2D eigenvalue weighted by Gasteiger charge is -2.70. The van der Waals surface area contributed by atoms with Crippen molar-refractivity contribution >= 4 is 11.9 Å². The Hall–Kier alpha value is -2.88. The molecule has 0 amide bonds. The van der Waals surface area contributed by atoms with Gasteiger partial charge in [-0.05, 0) is 81.7 Å². The minimum Gasteiger partial charge on any atom is -0.497 e. The van der Waals surface area contributed by atoms with Crippen molar-refractivity contribution in [2.24, 2.45) is 34.5 Å². The number of methoxy groups -OCH3 is 5. The Morgan fingerprint density at radius 1 is 0.828 bits per heavy atom. The Balaban J connectivity index is 1.20. The molecule has 15 atom stereocenters. The second-order valence-corrected chi connectivity index (χ2v) is 19.6. The summed E-state index contributed by atoms with van der Waals surface area (Å²) >= 11 is 0. The molecule has 1 saturated heterocycles. The van der Waals surface area contributed by atoms with Gasteiger partial charge in [-0.15, -0.1) is 0 Å². The first kappa shape index (κ1) is 49.0. The molecule has 1 heterocycles. The van der Waals surface area contributed by atoms with Crippen LogP contribution in [0, 0.1) is 34.5 Å². The third-order valence-electron chi connectivity index (χ3n) is 16.8. The van der Waals surface area contributed by atoms with Crippen LogP contribution in [0.3, 0.4) is 0 Å². The highest BCUT2D eigenvalue weighted by Gasteiger charge is 2.92. The Morgan fingerprint density at radius 2 is 1.52 bits per heavy atom. The predicted molar refractivity (Wildman–Crippen MR) is 241 cm³/mol. The third kappa shape index (κ3) is 7.89. The van der Waals surface area contributed by atoms with Crippen LogP contribution < -0.4 is 4.74 Å². The van der Waals surface area contributed by atoms with Crippen LogP contribution >= 0.6 is 0 Å². The Morgan fingerprint density at radius 3 is 2.14 bits per heavy atom. The lowest BCUT2D eigenvalue weighted by Crippen LogP contribution is -2.81. The summed E-state index contributed by atoms with van der Waals surface area (Å²) in [5.74, 6) is -3.10. The zero-order chi connectivity index (χ0) is 45.9. The van der Waals surface area contributed by atoms with Gasteiger partial charge in [0.15, 0.2) is 5.60 Å². The van der Waals surface area contributed by atoms with E-state index in [1.165, 1.54) is 26.4 Å². The molecule has 64 heavy (non-hydrogen) atoms. The second-order valence-electron chi connectivity index (χ2n) is 19.6. The van der Waals surface area contributed by atoms with Crippen LogP contribution in [0.25, 0.3) is 0 Å². The highest BCUT2D eigenvalue weighted by Crippen LogP contribution is 2.80. The van der Waals surface area contributed by atoms with E-state index < -0.39 is 94.3 Å². The van der Waals surface area contributed by atoms with Gasteiger partial charge in [0.1, 0.15) is 29.7 Å². The van der Waals surface area contributed by atoms with Crippen molar-refractivity contribution in [3.63, 3.8) is 0 Å². The van der Waals surface area contributed by atoms with E-state index in [2.05, 4.69) is 43.1 Å². The summed E-state index contributed by atoms with van der Waals surface area (Å²) in [5.41, 5.74) is -5.02. The number of fused-ring (bicyclic) bond motifs is 2. The number of aliphatic hydroxyl groups excluding tert-OH is 2. The molecular weight excluding hydrogens is 819 g/mol. The number of piperidine rings is 1. The van der Waals surface area contributed by atoms with Crippen LogP contribution in [-0.4, -0.2) is 141 Å². The Labute approximate surface area is 381 Å². The van der Waals surface area contributed by atoms with E-state index in [1.807, 2.05) is 0 Å². The first-order valence-electron chi connectivity index (χ1n) is 24.2. The van der Waals surface area contributed by atoms with E-state index in [1.54, 1.807) is 52.7 Å². The third-order valence-corrected chi connectivity index (χ3v) is 16.8. The molecule has 7 bridgehead atoms.